The van der Waals surface area contributed by atoms with Crippen LogP contribution in [0.15, 0.2) is 55.1 Å². The lowest BCUT2D eigenvalue weighted by Gasteiger charge is -2.19. The lowest BCUT2D eigenvalue weighted by molar-refractivity contribution is 0.0935. The Morgan fingerprint density at radius 3 is 2.52 bits per heavy atom. The molecule has 0 bridgehead atoms. The molecule has 25 heavy (non-hydrogen) atoms. The van der Waals surface area contributed by atoms with Crippen LogP contribution in [0.2, 0.25) is 0 Å². The van der Waals surface area contributed by atoms with Crippen molar-refractivity contribution in [2.75, 3.05) is 13.7 Å². The van der Waals surface area contributed by atoms with E-state index in [0.717, 1.165) is 23.3 Å². The van der Waals surface area contributed by atoms with E-state index in [4.69, 9.17) is 9.47 Å². The van der Waals surface area contributed by atoms with Crippen molar-refractivity contribution in [1.29, 1.82) is 0 Å². The van der Waals surface area contributed by atoms with Crippen LogP contribution < -0.4 is 14.8 Å². The Balaban J connectivity index is 2.08. The molecule has 0 radical (unpaired) electrons. The zero-order chi connectivity index (χ0) is 18.2. The highest BCUT2D eigenvalue weighted by atomic mass is 16.5. The van der Waals surface area contributed by atoms with Gasteiger partial charge in [-0.1, -0.05) is 31.7 Å². The first-order valence-electron chi connectivity index (χ1n) is 8.38. The molecule has 0 aliphatic rings. The molecule has 132 valence electrons. The van der Waals surface area contributed by atoms with Gasteiger partial charge in [0.05, 0.1) is 13.2 Å². The third-order valence-electron chi connectivity index (χ3n) is 4.02. The Bertz CT molecular complexity index is 722. The maximum Gasteiger partial charge on any atom is 0.251 e. The van der Waals surface area contributed by atoms with Gasteiger partial charge in [-0.25, -0.2) is 0 Å². The molecule has 0 heterocycles. The van der Waals surface area contributed by atoms with E-state index in [9.17, 15) is 4.79 Å². The van der Waals surface area contributed by atoms with Crippen molar-refractivity contribution in [3.05, 3.63) is 71.8 Å². The molecule has 2 aromatic rings. The largest absolute Gasteiger partial charge is 0.496 e. The second-order valence-electron chi connectivity index (χ2n) is 5.79. The summed E-state index contributed by atoms with van der Waals surface area (Å²) in [6.45, 7) is 8.11. The zero-order valence-corrected chi connectivity index (χ0v) is 15.0. The summed E-state index contributed by atoms with van der Waals surface area (Å²) in [5.74, 6) is 1.46. The minimum Gasteiger partial charge on any atom is -0.496 e. The van der Waals surface area contributed by atoms with Crippen LogP contribution >= 0.6 is 0 Å². The van der Waals surface area contributed by atoms with E-state index in [1.165, 1.54) is 0 Å². The van der Waals surface area contributed by atoms with Crippen LogP contribution in [-0.4, -0.2) is 19.6 Å². The number of nitrogens with one attached hydrogen (secondary N) is 1. The Hall–Kier alpha value is -2.75. The maximum absolute atomic E-state index is 12.5. The van der Waals surface area contributed by atoms with Gasteiger partial charge in [0.1, 0.15) is 18.1 Å². The molecule has 1 N–H and O–H groups in total. The third-order valence-corrected chi connectivity index (χ3v) is 4.02. The van der Waals surface area contributed by atoms with Crippen LogP contribution in [0.5, 0.6) is 11.5 Å². The van der Waals surface area contributed by atoms with E-state index >= 15 is 0 Å². The predicted octanol–water partition coefficient (Wildman–Crippen LogP) is 4.45. The number of hydrogen-bond acceptors (Lipinski definition) is 3. The molecule has 1 amide bonds. The Labute approximate surface area is 149 Å². The van der Waals surface area contributed by atoms with Gasteiger partial charge in [-0.3, -0.25) is 4.79 Å². The predicted molar refractivity (Wildman–Crippen MR) is 100 cm³/mol. The number of hydrogen-bond donors (Lipinski definition) is 1. The molecule has 0 fully saturated rings. The van der Waals surface area contributed by atoms with Crippen LogP contribution in [0.3, 0.4) is 0 Å². The third kappa shape index (κ3) is 4.86. The van der Waals surface area contributed by atoms with Gasteiger partial charge < -0.3 is 14.8 Å². The molecule has 1 atom stereocenters. The summed E-state index contributed by atoms with van der Waals surface area (Å²) >= 11 is 0. The number of benzene rings is 2. The standard InChI is InChI=1S/C21H25NO3/c1-5-13-25-18-10-7-16(8-11-18)21(23)22-19(6-2)17-9-12-20(24-4)15(3)14-17/h5,7-12,14,19H,1,6,13H2,2-4H3,(H,22,23). The Kier molecular flexibility index (Phi) is 6.63. The van der Waals surface area contributed by atoms with Crippen molar-refractivity contribution in [3.8, 4) is 11.5 Å². The minimum absolute atomic E-state index is 0.0474. The van der Waals surface area contributed by atoms with Gasteiger partial charge >= 0.3 is 0 Å². The van der Waals surface area contributed by atoms with E-state index in [1.807, 2.05) is 19.1 Å². The second kappa shape index (κ2) is 8.92. The van der Waals surface area contributed by atoms with Crippen LogP contribution in [0, 0.1) is 6.92 Å². The molecule has 0 saturated heterocycles. The first-order chi connectivity index (χ1) is 12.1. The highest BCUT2D eigenvalue weighted by molar-refractivity contribution is 5.94. The van der Waals surface area contributed by atoms with Gasteiger partial charge in [-0.15, -0.1) is 0 Å². The summed E-state index contributed by atoms with van der Waals surface area (Å²) < 4.78 is 10.7. The summed E-state index contributed by atoms with van der Waals surface area (Å²) in [4.78, 5) is 12.5. The van der Waals surface area contributed by atoms with E-state index in [-0.39, 0.29) is 11.9 Å². The molecule has 2 rings (SSSR count). The smallest absolute Gasteiger partial charge is 0.251 e. The zero-order valence-electron chi connectivity index (χ0n) is 15.0. The second-order valence-corrected chi connectivity index (χ2v) is 5.79. The number of carbonyl (C=O) groups is 1. The van der Waals surface area contributed by atoms with Crippen LogP contribution in [0.1, 0.15) is 40.9 Å². The van der Waals surface area contributed by atoms with Gasteiger partial charge in [0.2, 0.25) is 0 Å². The molecule has 2 aromatic carbocycles. The van der Waals surface area contributed by atoms with E-state index in [1.54, 1.807) is 37.5 Å². The first kappa shape index (κ1) is 18.6. The molecule has 0 spiro atoms. The molecule has 0 aliphatic carbocycles. The van der Waals surface area contributed by atoms with E-state index in [2.05, 4.69) is 24.9 Å². The molecule has 1 unspecified atom stereocenters. The lowest BCUT2D eigenvalue weighted by Crippen LogP contribution is -2.28. The summed E-state index contributed by atoms with van der Waals surface area (Å²) in [5, 5.41) is 3.09. The number of rotatable bonds is 8. The van der Waals surface area contributed by atoms with Crippen LogP contribution in [0.25, 0.3) is 0 Å². The van der Waals surface area contributed by atoms with Gasteiger partial charge in [0.15, 0.2) is 0 Å². The van der Waals surface area contributed by atoms with Crippen molar-refractivity contribution >= 4 is 5.91 Å². The van der Waals surface area contributed by atoms with Gasteiger partial charge in [0.25, 0.3) is 5.91 Å². The van der Waals surface area contributed by atoms with Crippen molar-refractivity contribution < 1.29 is 14.3 Å². The summed E-state index contributed by atoms with van der Waals surface area (Å²) in [7, 11) is 1.66. The Morgan fingerprint density at radius 1 is 1.24 bits per heavy atom. The van der Waals surface area contributed by atoms with Crippen molar-refractivity contribution in [1.82, 2.24) is 5.32 Å². The molecular weight excluding hydrogens is 314 g/mol. The van der Waals surface area contributed by atoms with Gasteiger partial charge in [-0.05, 0) is 54.8 Å². The average molecular weight is 339 g/mol. The lowest BCUT2D eigenvalue weighted by atomic mass is 10.0. The average Bonchev–Trinajstić information content (AvgIpc) is 2.64. The highest BCUT2D eigenvalue weighted by Gasteiger charge is 2.15. The topological polar surface area (TPSA) is 47.6 Å². The molecule has 0 saturated carbocycles. The van der Waals surface area contributed by atoms with Crippen molar-refractivity contribution in [3.63, 3.8) is 0 Å². The fourth-order valence-electron chi connectivity index (χ4n) is 2.64. The van der Waals surface area contributed by atoms with Crippen molar-refractivity contribution in [2.45, 2.75) is 26.3 Å². The van der Waals surface area contributed by atoms with Gasteiger partial charge in [0, 0.05) is 5.56 Å². The van der Waals surface area contributed by atoms with E-state index in [0.29, 0.717) is 17.9 Å². The summed E-state index contributed by atoms with van der Waals surface area (Å²) in [6, 6.07) is 13.0. The number of carbonyl (C=O) groups excluding carboxylic acids is 1. The normalized spacial score (nSPS) is 11.5. The van der Waals surface area contributed by atoms with Gasteiger partial charge in [-0.2, -0.15) is 0 Å². The number of ether oxygens (including phenoxy) is 2. The van der Waals surface area contributed by atoms with E-state index < -0.39 is 0 Å². The molecule has 0 aliphatic heterocycles. The maximum atomic E-state index is 12.5. The molecule has 4 heteroatoms. The monoisotopic (exact) mass is 339 g/mol. The van der Waals surface area contributed by atoms with Crippen LogP contribution in [0.4, 0.5) is 0 Å². The number of methoxy groups -OCH3 is 1. The first-order valence-corrected chi connectivity index (χ1v) is 8.38. The highest BCUT2D eigenvalue weighted by Crippen LogP contribution is 2.24. The Morgan fingerprint density at radius 2 is 1.96 bits per heavy atom. The summed E-state index contributed by atoms with van der Waals surface area (Å²) in [5.41, 5.74) is 2.73. The van der Waals surface area contributed by atoms with Crippen molar-refractivity contribution in [2.24, 2.45) is 0 Å². The number of amides is 1. The fraction of sp³-hybridized carbons (Fsp3) is 0.286. The summed E-state index contributed by atoms with van der Waals surface area (Å²) in [6.07, 6.45) is 2.49. The van der Waals surface area contributed by atoms with Crippen LogP contribution in [-0.2, 0) is 0 Å². The fourth-order valence-corrected chi connectivity index (χ4v) is 2.64. The minimum atomic E-state index is -0.101. The molecule has 0 aromatic heterocycles. The quantitative estimate of drug-likeness (QED) is 0.723. The SMILES string of the molecule is C=CCOc1ccc(C(=O)NC(CC)c2ccc(OC)c(C)c2)cc1. The molecule has 4 nitrogen and oxygen atoms in total. The number of aryl methyl sites for hydroxylation is 1. The molecular formula is C21H25NO3.